The van der Waals surface area contributed by atoms with Gasteiger partial charge in [0.15, 0.2) is 0 Å². The summed E-state index contributed by atoms with van der Waals surface area (Å²) in [6.07, 6.45) is 0. The summed E-state index contributed by atoms with van der Waals surface area (Å²) in [6.45, 7) is 2.99. The first-order chi connectivity index (χ1) is 12.3. The molecule has 0 spiro atoms. The van der Waals surface area contributed by atoms with E-state index < -0.39 is 22.4 Å². The van der Waals surface area contributed by atoms with Gasteiger partial charge in [-0.05, 0) is 38.1 Å². The number of nitrogens with zero attached hydrogens (tertiary/aromatic N) is 2. The Hall–Kier alpha value is -3.49. The number of pyridine rings is 1. The number of carbonyl (C=O) groups is 2. The van der Waals surface area contributed by atoms with Crippen molar-refractivity contribution in [3.63, 3.8) is 0 Å². The highest BCUT2D eigenvalue weighted by atomic mass is 16.6. The molecule has 1 aromatic carbocycles. The number of rotatable bonds is 6. The van der Waals surface area contributed by atoms with Crippen molar-refractivity contribution in [2.24, 2.45) is 0 Å². The van der Waals surface area contributed by atoms with E-state index in [4.69, 9.17) is 4.74 Å². The summed E-state index contributed by atoms with van der Waals surface area (Å²) >= 11 is 0. The van der Waals surface area contributed by atoms with Gasteiger partial charge in [0.25, 0.3) is 11.2 Å². The van der Waals surface area contributed by atoms with Gasteiger partial charge < -0.3 is 10.1 Å². The molecule has 0 unspecified atom stereocenters. The van der Waals surface area contributed by atoms with Crippen LogP contribution in [-0.4, -0.2) is 28.0 Å². The molecule has 1 N–H and O–H groups in total. The molecule has 0 saturated carbocycles. The summed E-state index contributed by atoms with van der Waals surface area (Å²) in [6, 6.07) is 8.20. The molecule has 1 aromatic heterocycles. The number of carbonyl (C=O) groups excluding carboxylic acids is 2. The zero-order chi connectivity index (χ0) is 19.3. The van der Waals surface area contributed by atoms with Gasteiger partial charge in [0.05, 0.1) is 22.8 Å². The summed E-state index contributed by atoms with van der Waals surface area (Å²) in [4.78, 5) is 46.0. The van der Waals surface area contributed by atoms with E-state index in [2.05, 4.69) is 5.32 Å². The molecular weight excluding hydrogens is 342 g/mol. The highest BCUT2D eigenvalue weighted by Gasteiger charge is 2.17. The van der Waals surface area contributed by atoms with E-state index in [-0.39, 0.29) is 24.5 Å². The maximum Gasteiger partial charge on any atom is 0.338 e. The van der Waals surface area contributed by atoms with E-state index in [1.54, 1.807) is 6.92 Å². The van der Waals surface area contributed by atoms with Crippen LogP contribution in [0.1, 0.15) is 23.0 Å². The summed E-state index contributed by atoms with van der Waals surface area (Å²) < 4.78 is 5.89. The minimum absolute atomic E-state index is 0.0929. The number of nitrogens with one attached hydrogen (secondary N) is 1. The lowest BCUT2D eigenvalue weighted by molar-refractivity contribution is -0.386. The molecule has 1 amide bonds. The maximum absolute atomic E-state index is 12.2. The van der Waals surface area contributed by atoms with Crippen molar-refractivity contribution in [3.8, 4) is 0 Å². The molecule has 0 fully saturated rings. The highest BCUT2D eigenvalue weighted by Crippen LogP contribution is 2.15. The van der Waals surface area contributed by atoms with Crippen LogP contribution in [0.5, 0.6) is 0 Å². The fourth-order valence-corrected chi connectivity index (χ4v) is 2.30. The van der Waals surface area contributed by atoms with Crippen LogP contribution in [0.3, 0.4) is 0 Å². The van der Waals surface area contributed by atoms with Crippen LogP contribution in [-0.2, 0) is 16.1 Å². The molecule has 9 heteroatoms. The van der Waals surface area contributed by atoms with Crippen LogP contribution in [0.2, 0.25) is 0 Å². The second-order valence-electron chi connectivity index (χ2n) is 5.33. The predicted octanol–water partition coefficient (Wildman–Crippen LogP) is 1.88. The fourth-order valence-electron chi connectivity index (χ4n) is 2.30. The molecule has 136 valence electrons. The number of esters is 1. The number of aromatic nitrogens is 1. The Morgan fingerprint density at radius 1 is 1.19 bits per heavy atom. The number of anilines is 1. The van der Waals surface area contributed by atoms with Crippen molar-refractivity contribution < 1.29 is 19.2 Å². The van der Waals surface area contributed by atoms with Crippen LogP contribution < -0.4 is 10.9 Å². The Bertz CT molecular complexity index is 902. The molecule has 9 nitrogen and oxygen atoms in total. The maximum atomic E-state index is 12.2. The summed E-state index contributed by atoms with van der Waals surface area (Å²) in [5.41, 5.74) is 0.0992. The molecule has 0 aliphatic heterocycles. The van der Waals surface area contributed by atoms with Gasteiger partial charge in [-0.1, -0.05) is 0 Å². The van der Waals surface area contributed by atoms with Gasteiger partial charge in [0.1, 0.15) is 6.54 Å². The topological polar surface area (TPSA) is 121 Å². The zero-order valence-corrected chi connectivity index (χ0v) is 14.2. The third-order valence-corrected chi connectivity index (χ3v) is 3.60. The molecule has 0 bridgehead atoms. The number of hydrogen-bond acceptors (Lipinski definition) is 6. The van der Waals surface area contributed by atoms with E-state index in [1.807, 2.05) is 0 Å². The first kappa shape index (κ1) is 18.8. The van der Waals surface area contributed by atoms with Gasteiger partial charge in [0, 0.05) is 17.8 Å². The Morgan fingerprint density at radius 2 is 1.85 bits per heavy atom. The largest absolute Gasteiger partial charge is 0.462 e. The smallest absolute Gasteiger partial charge is 0.338 e. The molecule has 2 rings (SSSR count). The number of benzene rings is 1. The SMILES string of the molecule is CCOC(=O)c1ccc(NC(=O)Cn2c(C)c([N+](=O)[O-])ccc2=O)cc1. The highest BCUT2D eigenvalue weighted by molar-refractivity contribution is 5.93. The van der Waals surface area contributed by atoms with E-state index >= 15 is 0 Å². The van der Waals surface area contributed by atoms with Gasteiger partial charge in [-0.15, -0.1) is 0 Å². The van der Waals surface area contributed by atoms with Crippen molar-refractivity contribution in [2.45, 2.75) is 20.4 Å². The molecule has 0 atom stereocenters. The van der Waals surface area contributed by atoms with Gasteiger partial charge >= 0.3 is 5.97 Å². The van der Waals surface area contributed by atoms with Crippen LogP contribution >= 0.6 is 0 Å². The van der Waals surface area contributed by atoms with Crippen LogP contribution in [0, 0.1) is 17.0 Å². The lowest BCUT2D eigenvalue weighted by atomic mass is 10.2. The Balaban J connectivity index is 2.12. The average Bonchev–Trinajstić information content (AvgIpc) is 2.59. The molecular formula is C17H17N3O6. The monoisotopic (exact) mass is 359 g/mol. The van der Waals surface area contributed by atoms with Gasteiger partial charge in [-0.25, -0.2) is 4.79 Å². The van der Waals surface area contributed by atoms with Crippen molar-refractivity contribution in [2.75, 3.05) is 11.9 Å². The Labute approximate surface area is 148 Å². The van der Waals surface area contributed by atoms with Crippen molar-refractivity contribution in [1.82, 2.24) is 4.57 Å². The quantitative estimate of drug-likeness (QED) is 0.477. The summed E-state index contributed by atoms with van der Waals surface area (Å²) in [5, 5.41) is 13.5. The zero-order valence-electron chi connectivity index (χ0n) is 14.2. The second kappa shape index (κ2) is 8.06. The second-order valence-corrected chi connectivity index (χ2v) is 5.33. The number of amides is 1. The average molecular weight is 359 g/mol. The van der Waals surface area contributed by atoms with Gasteiger partial charge in [-0.2, -0.15) is 0 Å². The minimum Gasteiger partial charge on any atom is -0.462 e. The lowest BCUT2D eigenvalue weighted by Crippen LogP contribution is -2.29. The molecule has 26 heavy (non-hydrogen) atoms. The molecule has 2 aromatic rings. The van der Waals surface area contributed by atoms with E-state index in [9.17, 15) is 24.5 Å². The molecule has 0 aliphatic carbocycles. The van der Waals surface area contributed by atoms with E-state index in [0.29, 0.717) is 11.3 Å². The van der Waals surface area contributed by atoms with E-state index in [1.165, 1.54) is 31.2 Å². The van der Waals surface area contributed by atoms with Crippen molar-refractivity contribution >= 4 is 23.3 Å². The van der Waals surface area contributed by atoms with Crippen LogP contribution in [0.25, 0.3) is 0 Å². The normalized spacial score (nSPS) is 10.2. The van der Waals surface area contributed by atoms with Gasteiger partial charge in [0.2, 0.25) is 5.91 Å². The third kappa shape index (κ3) is 4.32. The molecule has 0 saturated heterocycles. The first-order valence-corrected chi connectivity index (χ1v) is 7.75. The number of nitro groups is 1. The summed E-state index contributed by atoms with van der Waals surface area (Å²) in [5.74, 6) is -0.997. The lowest BCUT2D eigenvalue weighted by Gasteiger charge is -2.10. The number of ether oxygens (including phenoxy) is 1. The molecule has 0 aliphatic rings. The Morgan fingerprint density at radius 3 is 2.42 bits per heavy atom. The van der Waals surface area contributed by atoms with Crippen LogP contribution in [0.4, 0.5) is 11.4 Å². The molecule has 1 heterocycles. The Kier molecular flexibility index (Phi) is 5.84. The number of hydrogen-bond donors (Lipinski definition) is 1. The fraction of sp³-hybridized carbons (Fsp3) is 0.235. The predicted molar refractivity (Wildman–Crippen MR) is 93.1 cm³/mol. The standard InChI is InChI=1S/C17H17N3O6/c1-3-26-17(23)12-4-6-13(7-5-12)18-15(21)10-19-11(2)14(20(24)25)8-9-16(19)22/h4-9H,3,10H2,1-2H3,(H,18,21). The molecule has 0 radical (unpaired) electrons. The summed E-state index contributed by atoms with van der Waals surface area (Å²) in [7, 11) is 0. The minimum atomic E-state index is -0.614. The van der Waals surface area contributed by atoms with Crippen molar-refractivity contribution in [3.05, 3.63) is 68.1 Å². The van der Waals surface area contributed by atoms with Gasteiger partial charge in [-0.3, -0.25) is 24.3 Å². The van der Waals surface area contributed by atoms with E-state index in [0.717, 1.165) is 16.7 Å². The third-order valence-electron chi connectivity index (χ3n) is 3.60. The first-order valence-electron chi connectivity index (χ1n) is 7.75. The van der Waals surface area contributed by atoms with Crippen molar-refractivity contribution in [1.29, 1.82) is 0 Å². The van der Waals surface area contributed by atoms with Crippen LogP contribution in [0.15, 0.2) is 41.2 Å².